The van der Waals surface area contributed by atoms with E-state index in [2.05, 4.69) is 14.5 Å². The molecular weight excluding hydrogens is 293 g/mol. The maximum Gasteiger partial charge on any atom is 0.111 e. The highest BCUT2D eigenvalue weighted by Crippen LogP contribution is 2.22. The third-order valence-electron chi connectivity index (χ3n) is 3.17. The number of alkyl halides is 1. The molecule has 0 amide bonds. The summed E-state index contributed by atoms with van der Waals surface area (Å²) in [5.41, 5.74) is 3.10. The lowest BCUT2D eigenvalue weighted by Gasteiger charge is -2.08. The van der Waals surface area contributed by atoms with Crippen LogP contribution in [0.25, 0.3) is 11.0 Å². The summed E-state index contributed by atoms with van der Waals surface area (Å²) >= 11 is 12.0. The van der Waals surface area contributed by atoms with Gasteiger partial charge in [0.2, 0.25) is 0 Å². The minimum Gasteiger partial charge on any atom is -0.323 e. The van der Waals surface area contributed by atoms with E-state index < -0.39 is 0 Å². The second-order valence-electron chi connectivity index (χ2n) is 4.55. The van der Waals surface area contributed by atoms with Crippen LogP contribution in [-0.2, 0) is 13.0 Å². The Morgan fingerprint density at radius 2 is 2.10 bits per heavy atom. The molecule has 3 aromatic rings. The first-order valence-electron chi connectivity index (χ1n) is 6.37. The number of hydrogen-bond acceptors (Lipinski definition) is 2. The standard InChI is InChI=1S/C15H13Cl2N3/c16-6-5-15-19-13-4-3-12(17)8-14(13)20(15)10-11-2-1-7-18-9-11/h1-4,7-9H,5-6,10H2. The van der Waals surface area contributed by atoms with E-state index >= 15 is 0 Å². The highest BCUT2D eigenvalue weighted by atomic mass is 35.5. The summed E-state index contributed by atoms with van der Waals surface area (Å²) in [5.74, 6) is 1.52. The number of nitrogens with zero attached hydrogens (tertiary/aromatic N) is 3. The average Bonchev–Trinajstić information content (AvgIpc) is 2.78. The zero-order valence-electron chi connectivity index (χ0n) is 10.8. The van der Waals surface area contributed by atoms with Crippen molar-refractivity contribution >= 4 is 34.2 Å². The van der Waals surface area contributed by atoms with Crippen LogP contribution in [0, 0.1) is 0 Å². The molecule has 0 aliphatic carbocycles. The maximum atomic E-state index is 6.10. The van der Waals surface area contributed by atoms with Gasteiger partial charge in [-0.25, -0.2) is 4.98 Å². The number of benzene rings is 1. The fourth-order valence-electron chi connectivity index (χ4n) is 2.27. The molecule has 0 fully saturated rings. The molecule has 0 spiro atoms. The summed E-state index contributed by atoms with van der Waals surface area (Å²) in [7, 11) is 0. The van der Waals surface area contributed by atoms with Crippen LogP contribution in [0.1, 0.15) is 11.4 Å². The van der Waals surface area contributed by atoms with Crippen molar-refractivity contribution in [3.8, 4) is 0 Å². The van der Waals surface area contributed by atoms with E-state index in [0.717, 1.165) is 35.4 Å². The van der Waals surface area contributed by atoms with E-state index in [-0.39, 0.29) is 0 Å². The van der Waals surface area contributed by atoms with E-state index in [1.807, 2.05) is 36.5 Å². The number of fused-ring (bicyclic) bond motifs is 1. The van der Waals surface area contributed by atoms with Crippen molar-refractivity contribution in [1.29, 1.82) is 0 Å². The van der Waals surface area contributed by atoms with Gasteiger partial charge in [-0.1, -0.05) is 17.7 Å². The highest BCUT2D eigenvalue weighted by Gasteiger charge is 2.11. The molecule has 2 heterocycles. The molecule has 3 nitrogen and oxygen atoms in total. The number of rotatable bonds is 4. The fourth-order valence-corrected chi connectivity index (χ4v) is 2.61. The average molecular weight is 306 g/mol. The SMILES string of the molecule is ClCCc1nc2ccc(Cl)cc2n1Cc1cccnc1. The molecule has 0 aliphatic heterocycles. The molecule has 102 valence electrons. The van der Waals surface area contributed by atoms with Crippen LogP contribution in [0.2, 0.25) is 5.02 Å². The monoisotopic (exact) mass is 305 g/mol. The Labute approximate surface area is 127 Å². The first-order valence-corrected chi connectivity index (χ1v) is 7.28. The van der Waals surface area contributed by atoms with Gasteiger partial charge in [0, 0.05) is 29.7 Å². The Kier molecular flexibility index (Phi) is 3.90. The van der Waals surface area contributed by atoms with E-state index in [1.165, 1.54) is 0 Å². The van der Waals surface area contributed by atoms with Crippen LogP contribution in [0.4, 0.5) is 0 Å². The Morgan fingerprint density at radius 3 is 2.85 bits per heavy atom. The summed E-state index contributed by atoms with van der Waals surface area (Å²) < 4.78 is 2.15. The molecule has 3 rings (SSSR count). The van der Waals surface area contributed by atoms with Gasteiger partial charge < -0.3 is 4.57 Å². The molecule has 5 heteroatoms. The first kappa shape index (κ1) is 13.4. The quantitative estimate of drug-likeness (QED) is 0.684. The zero-order valence-corrected chi connectivity index (χ0v) is 12.3. The van der Waals surface area contributed by atoms with Crippen LogP contribution in [-0.4, -0.2) is 20.4 Å². The third-order valence-corrected chi connectivity index (χ3v) is 3.59. The van der Waals surface area contributed by atoms with Gasteiger partial charge in [-0.05, 0) is 29.8 Å². The maximum absolute atomic E-state index is 6.10. The summed E-state index contributed by atoms with van der Waals surface area (Å²) in [6.07, 6.45) is 4.36. The predicted octanol–water partition coefficient (Wildman–Crippen LogP) is 3.91. The van der Waals surface area contributed by atoms with Crippen LogP contribution < -0.4 is 0 Å². The predicted molar refractivity (Wildman–Crippen MR) is 82.5 cm³/mol. The number of aromatic nitrogens is 3. The number of aryl methyl sites for hydroxylation is 1. The van der Waals surface area contributed by atoms with Crippen LogP contribution in [0.15, 0.2) is 42.7 Å². The third kappa shape index (κ3) is 2.65. The highest BCUT2D eigenvalue weighted by molar-refractivity contribution is 6.31. The summed E-state index contributed by atoms with van der Waals surface area (Å²) in [5, 5.41) is 0.710. The molecule has 0 saturated carbocycles. The Morgan fingerprint density at radius 1 is 1.20 bits per heavy atom. The lowest BCUT2D eigenvalue weighted by molar-refractivity contribution is 0.752. The molecular formula is C15H13Cl2N3. The van der Waals surface area contributed by atoms with Crippen molar-refractivity contribution in [3.63, 3.8) is 0 Å². The van der Waals surface area contributed by atoms with Crippen LogP contribution in [0.5, 0.6) is 0 Å². The van der Waals surface area contributed by atoms with Gasteiger partial charge in [-0.2, -0.15) is 0 Å². The number of halogens is 2. The first-order chi connectivity index (χ1) is 9.78. The van der Waals surface area contributed by atoms with Gasteiger partial charge in [0.25, 0.3) is 0 Å². The number of hydrogen-bond donors (Lipinski definition) is 0. The van der Waals surface area contributed by atoms with Gasteiger partial charge in [0.15, 0.2) is 0 Å². The summed E-state index contributed by atoms with van der Waals surface area (Å²) in [6, 6.07) is 9.72. The molecule has 0 atom stereocenters. The van der Waals surface area contributed by atoms with Crippen LogP contribution >= 0.6 is 23.2 Å². The molecule has 0 saturated heterocycles. The van der Waals surface area contributed by atoms with Crippen molar-refractivity contribution in [2.24, 2.45) is 0 Å². The zero-order chi connectivity index (χ0) is 13.9. The topological polar surface area (TPSA) is 30.7 Å². The second kappa shape index (κ2) is 5.81. The van der Waals surface area contributed by atoms with Gasteiger partial charge in [0.05, 0.1) is 17.6 Å². The molecule has 1 aromatic carbocycles. The molecule has 0 unspecified atom stereocenters. The van der Waals surface area contributed by atoms with E-state index in [4.69, 9.17) is 23.2 Å². The summed E-state index contributed by atoms with van der Waals surface area (Å²) in [4.78, 5) is 8.79. The lowest BCUT2D eigenvalue weighted by Crippen LogP contribution is -2.06. The van der Waals surface area contributed by atoms with Crippen molar-refractivity contribution < 1.29 is 0 Å². The van der Waals surface area contributed by atoms with E-state index in [1.54, 1.807) is 6.20 Å². The molecule has 0 radical (unpaired) electrons. The lowest BCUT2D eigenvalue weighted by atomic mass is 10.2. The van der Waals surface area contributed by atoms with Crippen LogP contribution in [0.3, 0.4) is 0 Å². The number of pyridine rings is 1. The molecule has 0 bridgehead atoms. The molecule has 0 N–H and O–H groups in total. The Balaban J connectivity index is 2.10. The van der Waals surface area contributed by atoms with Gasteiger partial charge in [0.1, 0.15) is 5.82 Å². The minimum atomic E-state index is 0.546. The number of imidazole rings is 1. The van der Waals surface area contributed by atoms with E-state index in [9.17, 15) is 0 Å². The largest absolute Gasteiger partial charge is 0.323 e. The van der Waals surface area contributed by atoms with Gasteiger partial charge >= 0.3 is 0 Å². The summed E-state index contributed by atoms with van der Waals surface area (Å²) in [6.45, 7) is 0.719. The van der Waals surface area contributed by atoms with Crippen molar-refractivity contribution in [3.05, 3.63) is 59.1 Å². The smallest absolute Gasteiger partial charge is 0.111 e. The molecule has 20 heavy (non-hydrogen) atoms. The van der Waals surface area contributed by atoms with Gasteiger partial charge in [-0.15, -0.1) is 11.6 Å². The van der Waals surface area contributed by atoms with Crippen molar-refractivity contribution in [2.75, 3.05) is 5.88 Å². The van der Waals surface area contributed by atoms with Gasteiger partial charge in [-0.3, -0.25) is 4.98 Å². The van der Waals surface area contributed by atoms with Crippen molar-refractivity contribution in [2.45, 2.75) is 13.0 Å². The second-order valence-corrected chi connectivity index (χ2v) is 5.36. The van der Waals surface area contributed by atoms with E-state index in [0.29, 0.717) is 10.9 Å². The molecule has 0 aliphatic rings. The Bertz CT molecular complexity index is 723. The fraction of sp³-hybridized carbons (Fsp3) is 0.200. The molecule has 2 aromatic heterocycles. The van der Waals surface area contributed by atoms with Crippen molar-refractivity contribution in [1.82, 2.24) is 14.5 Å². The normalized spacial score (nSPS) is 11.1. The minimum absolute atomic E-state index is 0.546. The Hall–Kier alpha value is -1.58.